The van der Waals surface area contributed by atoms with Crippen molar-refractivity contribution in [1.82, 2.24) is 19.7 Å². The Morgan fingerprint density at radius 2 is 1.66 bits per heavy atom. The van der Waals surface area contributed by atoms with Gasteiger partial charge in [-0.2, -0.15) is 0 Å². The third-order valence-corrected chi connectivity index (χ3v) is 8.16. The highest BCUT2D eigenvalue weighted by Crippen LogP contribution is 2.41. The molecule has 5 aromatic rings. The fourth-order valence-corrected chi connectivity index (χ4v) is 5.88. The van der Waals surface area contributed by atoms with E-state index < -0.39 is 35.2 Å². The predicted octanol–water partition coefficient (Wildman–Crippen LogP) is 9.22. The van der Waals surface area contributed by atoms with E-state index in [-0.39, 0.29) is 32.6 Å². The summed E-state index contributed by atoms with van der Waals surface area (Å²) in [6.07, 6.45) is 1.52. The van der Waals surface area contributed by atoms with Gasteiger partial charge in [0.25, 0.3) is 0 Å². The molecule has 11 nitrogen and oxygen atoms in total. The maximum absolute atomic E-state index is 15.2. The van der Waals surface area contributed by atoms with Crippen LogP contribution in [0.4, 0.5) is 25.4 Å². The number of amides is 1. The smallest absolute Gasteiger partial charge is 0.420 e. The summed E-state index contributed by atoms with van der Waals surface area (Å²) in [5.41, 5.74) is 0.326. The van der Waals surface area contributed by atoms with Gasteiger partial charge in [-0.25, -0.2) is 33.2 Å². The van der Waals surface area contributed by atoms with Crippen LogP contribution < -0.4 is 4.90 Å². The Bertz CT molecular complexity index is 2090. The van der Waals surface area contributed by atoms with Crippen molar-refractivity contribution < 1.29 is 33.0 Å². The number of carbonyl (C=O) groups is 3. The number of benzene rings is 2. The standard InChI is InChI=1S/C36H35ClFN5O6S/c1-35(2,3)48-33(45)42-16-14-24-28(13-15-39-30(24)42)43(34(46)49-36(4,5)6)29-19-27(25-18-23(37)11-12-26(25)38)40-41-31(29)50-20-21-9-8-10-22(17-21)32(44)47-7/h8-19H,20H2,1-7H3. The molecule has 0 saturated carbocycles. The van der Waals surface area contributed by atoms with E-state index in [9.17, 15) is 14.4 Å². The number of fused-ring (bicyclic) bond motifs is 1. The van der Waals surface area contributed by atoms with Crippen LogP contribution in [0.2, 0.25) is 5.02 Å². The van der Waals surface area contributed by atoms with Gasteiger partial charge in [0.1, 0.15) is 22.0 Å². The van der Waals surface area contributed by atoms with Gasteiger partial charge in [0.05, 0.1) is 29.7 Å². The summed E-state index contributed by atoms with van der Waals surface area (Å²) >= 11 is 7.46. The number of nitrogens with zero attached hydrogens (tertiary/aromatic N) is 5. The van der Waals surface area contributed by atoms with Crippen LogP contribution in [0.25, 0.3) is 22.3 Å². The fraction of sp³-hybridized carbons (Fsp3) is 0.278. The highest BCUT2D eigenvalue weighted by atomic mass is 35.5. The third kappa shape index (κ3) is 8.40. The number of esters is 1. The molecule has 2 aromatic carbocycles. The zero-order valence-corrected chi connectivity index (χ0v) is 30.1. The summed E-state index contributed by atoms with van der Waals surface area (Å²) in [7, 11) is 1.30. The number of anilines is 2. The van der Waals surface area contributed by atoms with E-state index >= 15 is 4.39 Å². The quantitative estimate of drug-likeness (QED) is 0.0913. The highest BCUT2D eigenvalue weighted by molar-refractivity contribution is 7.98. The lowest BCUT2D eigenvalue weighted by molar-refractivity contribution is 0.0540. The van der Waals surface area contributed by atoms with E-state index in [1.54, 1.807) is 71.9 Å². The van der Waals surface area contributed by atoms with Crippen molar-refractivity contribution in [1.29, 1.82) is 0 Å². The lowest BCUT2D eigenvalue weighted by Crippen LogP contribution is -2.34. The van der Waals surface area contributed by atoms with Crippen LogP contribution >= 0.6 is 23.4 Å². The van der Waals surface area contributed by atoms with Crippen LogP contribution in [-0.2, 0) is 20.0 Å². The zero-order valence-electron chi connectivity index (χ0n) is 28.5. The molecule has 0 aliphatic rings. The monoisotopic (exact) mass is 719 g/mol. The number of halogens is 2. The first-order valence-corrected chi connectivity index (χ1v) is 16.8. The van der Waals surface area contributed by atoms with Crippen LogP contribution in [0, 0.1) is 5.82 Å². The van der Waals surface area contributed by atoms with Gasteiger partial charge in [-0.3, -0.25) is 0 Å². The van der Waals surface area contributed by atoms with Crippen molar-refractivity contribution >= 4 is 63.9 Å². The van der Waals surface area contributed by atoms with E-state index in [4.69, 9.17) is 25.8 Å². The summed E-state index contributed by atoms with van der Waals surface area (Å²) in [6.45, 7) is 10.4. The van der Waals surface area contributed by atoms with E-state index in [0.29, 0.717) is 22.4 Å². The molecule has 3 aromatic heterocycles. The molecule has 14 heteroatoms. The SMILES string of the molecule is COC(=O)c1cccc(CSc2nnc(-c3cc(Cl)ccc3F)cc2N(C(=O)OC(C)(C)C)c2ccnc3c2ccn3C(=O)OC(C)(C)C)c1. The third-order valence-electron chi connectivity index (χ3n) is 6.88. The number of methoxy groups -OCH3 is 1. The molecule has 50 heavy (non-hydrogen) atoms. The van der Waals surface area contributed by atoms with Crippen molar-refractivity contribution in [3.8, 4) is 11.3 Å². The Morgan fingerprint density at radius 1 is 0.920 bits per heavy atom. The van der Waals surface area contributed by atoms with Gasteiger partial charge in [0.2, 0.25) is 0 Å². The van der Waals surface area contributed by atoms with Crippen molar-refractivity contribution in [3.05, 3.63) is 95.0 Å². The van der Waals surface area contributed by atoms with Crippen LogP contribution in [-0.4, -0.2) is 56.2 Å². The zero-order chi connectivity index (χ0) is 36.4. The number of hydrogen-bond donors (Lipinski definition) is 0. The van der Waals surface area contributed by atoms with Gasteiger partial charge in [0.15, 0.2) is 5.65 Å². The molecule has 3 heterocycles. The molecule has 0 fully saturated rings. The molecule has 5 rings (SSSR count). The Labute approximate surface area is 297 Å². The van der Waals surface area contributed by atoms with Crippen molar-refractivity contribution in [2.24, 2.45) is 0 Å². The first-order chi connectivity index (χ1) is 23.5. The van der Waals surface area contributed by atoms with E-state index in [0.717, 1.165) is 5.56 Å². The molecule has 0 atom stereocenters. The molecule has 1 amide bonds. The maximum Gasteiger partial charge on any atom is 0.420 e. The number of thioether (sulfide) groups is 1. The first kappa shape index (κ1) is 36.3. The van der Waals surface area contributed by atoms with Gasteiger partial charge in [0, 0.05) is 34.1 Å². The molecule has 0 unspecified atom stereocenters. The molecule has 0 saturated heterocycles. The van der Waals surface area contributed by atoms with Gasteiger partial charge < -0.3 is 14.2 Å². The molecule has 0 aliphatic heterocycles. The number of rotatable bonds is 7. The topological polar surface area (TPSA) is 126 Å². The van der Waals surface area contributed by atoms with E-state index in [2.05, 4.69) is 15.2 Å². The van der Waals surface area contributed by atoms with Crippen molar-refractivity contribution in [2.75, 3.05) is 12.0 Å². The molecular formula is C36H35ClFN5O6S. The average Bonchev–Trinajstić information content (AvgIpc) is 3.49. The molecule has 0 spiro atoms. The Hall–Kier alpha value is -5.01. The predicted molar refractivity (Wildman–Crippen MR) is 190 cm³/mol. The number of hydrogen-bond acceptors (Lipinski definition) is 10. The van der Waals surface area contributed by atoms with Gasteiger partial charge >= 0.3 is 18.2 Å². The minimum Gasteiger partial charge on any atom is -0.465 e. The molecule has 0 bridgehead atoms. The maximum atomic E-state index is 15.2. The second-order valence-corrected chi connectivity index (χ2v) is 14.5. The summed E-state index contributed by atoms with van der Waals surface area (Å²) in [5, 5.41) is 9.75. The van der Waals surface area contributed by atoms with Gasteiger partial charge in [-0.1, -0.05) is 35.5 Å². The van der Waals surface area contributed by atoms with Gasteiger partial charge in [-0.05, 0) is 95.6 Å². The first-order valence-electron chi connectivity index (χ1n) is 15.4. The lowest BCUT2D eigenvalue weighted by atomic mass is 10.1. The minimum absolute atomic E-state index is 0.0636. The molecule has 0 aliphatic carbocycles. The average molecular weight is 720 g/mol. The highest BCUT2D eigenvalue weighted by Gasteiger charge is 2.31. The molecule has 0 radical (unpaired) electrons. The summed E-state index contributed by atoms with van der Waals surface area (Å²) in [4.78, 5) is 45.3. The summed E-state index contributed by atoms with van der Waals surface area (Å²) in [6, 6.07) is 15.7. The van der Waals surface area contributed by atoms with Crippen molar-refractivity contribution in [2.45, 2.75) is 63.5 Å². The van der Waals surface area contributed by atoms with Crippen LogP contribution in [0.15, 0.2) is 78.1 Å². The fourth-order valence-electron chi connectivity index (χ4n) is 4.83. The van der Waals surface area contributed by atoms with Crippen LogP contribution in [0.5, 0.6) is 0 Å². The molecule has 260 valence electrons. The van der Waals surface area contributed by atoms with E-state index in [1.807, 2.05) is 6.07 Å². The Balaban J connectivity index is 1.70. The second kappa shape index (κ2) is 14.5. The molecule has 0 N–H and O–H groups in total. The number of ether oxygens (including phenoxy) is 3. The normalized spacial score (nSPS) is 11.7. The van der Waals surface area contributed by atoms with Crippen LogP contribution in [0.3, 0.4) is 0 Å². The van der Waals surface area contributed by atoms with E-state index in [1.165, 1.54) is 65.0 Å². The summed E-state index contributed by atoms with van der Waals surface area (Å²) < 4.78 is 32.8. The minimum atomic E-state index is -0.923. The Morgan fingerprint density at radius 3 is 2.36 bits per heavy atom. The number of pyridine rings is 1. The number of carbonyl (C=O) groups excluding carboxylic acids is 3. The lowest BCUT2D eigenvalue weighted by Gasteiger charge is -2.29. The molecular weight excluding hydrogens is 685 g/mol. The summed E-state index contributed by atoms with van der Waals surface area (Å²) in [5.74, 6) is -0.777. The Kier molecular flexibility index (Phi) is 10.5. The van der Waals surface area contributed by atoms with Gasteiger partial charge in [-0.15, -0.1) is 10.2 Å². The largest absolute Gasteiger partial charge is 0.465 e. The number of aromatic nitrogens is 4. The second-order valence-electron chi connectivity index (χ2n) is 13.1. The van der Waals surface area contributed by atoms with Crippen LogP contribution in [0.1, 0.15) is 57.5 Å². The van der Waals surface area contributed by atoms with Crippen molar-refractivity contribution in [3.63, 3.8) is 0 Å².